The average Bonchev–Trinajstić information content (AvgIpc) is 2.36. The van der Waals surface area contributed by atoms with Gasteiger partial charge in [-0.25, -0.2) is 4.79 Å². The van der Waals surface area contributed by atoms with Gasteiger partial charge in [-0.2, -0.15) is 13.2 Å². The second kappa shape index (κ2) is 5.55. The maximum Gasteiger partial charge on any atom is 0.471 e. The highest BCUT2D eigenvalue weighted by Gasteiger charge is 2.40. The average molecular weight is 292 g/mol. The molecule has 1 aromatic rings. The van der Waals surface area contributed by atoms with Gasteiger partial charge >= 0.3 is 18.1 Å². The van der Waals surface area contributed by atoms with Crippen molar-refractivity contribution in [2.45, 2.75) is 6.18 Å². The van der Waals surface area contributed by atoms with Crippen LogP contribution < -0.4 is 5.32 Å². The molecule has 10 heteroatoms. The van der Waals surface area contributed by atoms with Crippen molar-refractivity contribution in [1.29, 1.82) is 0 Å². The van der Waals surface area contributed by atoms with Gasteiger partial charge in [0.25, 0.3) is 5.69 Å². The Morgan fingerprint density at radius 2 is 1.95 bits per heavy atom. The number of nitro groups is 1. The largest absolute Gasteiger partial charge is 0.471 e. The van der Waals surface area contributed by atoms with E-state index in [0.717, 1.165) is 25.3 Å². The lowest BCUT2D eigenvalue weighted by Gasteiger charge is -2.11. The molecular weight excluding hydrogens is 285 g/mol. The second-order valence-electron chi connectivity index (χ2n) is 3.40. The number of benzene rings is 1. The lowest BCUT2D eigenvalue weighted by atomic mass is 10.1. The highest BCUT2D eigenvalue weighted by molar-refractivity contribution is 6.05. The fourth-order valence-electron chi connectivity index (χ4n) is 1.29. The minimum absolute atomic E-state index is 0.556. The quantitative estimate of drug-likeness (QED) is 0.521. The van der Waals surface area contributed by atoms with Crippen LogP contribution in [0.3, 0.4) is 0 Å². The van der Waals surface area contributed by atoms with Crippen molar-refractivity contribution in [3.63, 3.8) is 0 Å². The number of esters is 1. The number of anilines is 1. The molecule has 0 aliphatic rings. The molecule has 0 saturated carbocycles. The van der Waals surface area contributed by atoms with Crippen LogP contribution in [0, 0.1) is 10.1 Å². The number of amides is 1. The lowest BCUT2D eigenvalue weighted by molar-refractivity contribution is -0.384. The molecule has 0 unspecified atom stereocenters. The third kappa shape index (κ3) is 3.22. The predicted octanol–water partition coefficient (Wildman–Crippen LogP) is 1.88. The van der Waals surface area contributed by atoms with Crippen LogP contribution in [0.4, 0.5) is 24.5 Å². The standard InChI is InChI=1S/C10H7F3N2O5/c1-20-8(16)5-3-2-4-6(15(18)19)7(5)14-9(17)10(11,12)13/h2-4H,1H3,(H,14,17). The fourth-order valence-corrected chi connectivity index (χ4v) is 1.29. The van der Waals surface area contributed by atoms with Gasteiger partial charge in [-0.1, -0.05) is 6.07 Å². The van der Waals surface area contributed by atoms with Gasteiger partial charge in [0.05, 0.1) is 17.6 Å². The highest BCUT2D eigenvalue weighted by Crippen LogP contribution is 2.30. The molecule has 0 atom stereocenters. The van der Waals surface area contributed by atoms with E-state index in [2.05, 4.69) is 4.74 Å². The Kier molecular flexibility index (Phi) is 4.27. The number of carbonyl (C=O) groups excluding carboxylic acids is 2. The molecule has 1 N–H and O–H groups in total. The van der Waals surface area contributed by atoms with E-state index >= 15 is 0 Å². The minimum Gasteiger partial charge on any atom is -0.465 e. The summed E-state index contributed by atoms with van der Waals surface area (Å²) in [4.78, 5) is 31.9. The monoisotopic (exact) mass is 292 g/mol. The maximum atomic E-state index is 12.2. The van der Waals surface area contributed by atoms with Crippen molar-refractivity contribution in [3.05, 3.63) is 33.9 Å². The van der Waals surface area contributed by atoms with E-state index in [1.165, 1.54) is 5.32 Å². The molecule has 0 aliphatic heterocycles. The van der Waals surface area contributed by atoms with Crippen molar-refractivity contribution in [2.75, 3.05) is 12.4 Å². The molecule has 1 amide bonds. The molecule has 0 aromatic heterocycles. The molecule has 0 spiro atoms. The third-order valence-electron chi connectivity index (χ3n) is 2.14. The van der Waals surface area contributed by atoms with Crippen LogP contribution in [0.15, 0.2) is 18.2 Å². The number of halogens is 3. The molecule has 7 nitrogen and oxygen atoms in total. The Balaban J connectivity index is 3.36. The molecule has 1 rings (SSSR count). The summed E-state index contributed by atoms with van der Waals surface area (Å²) in [5.74, 6) is -3.55. The van der Waals surface area contributed by atoms with Crippen molar-refractivity contribution in [3.8, 4) is 0 Å². The van der Waals surface area contributed by atoms with Gasteiger partial charge in [0.2, 0.25) is 0 Å². The fraction of sp³-hybridized carbons (Fsp3) is 0.200. The number of alkyl halides is 3. The van der Waals surface area contributed by atoms with E-state index in [0.29, 0.717) is 0 Å². The molecule has 0 saturated heterocycles. The number of hydrogen-bond donors (Lipinski definition) is 1. The van der Waals surface area contributed by atoms with Crippen LogP contribution in [-0.2, 0) is 9.53 Å². The number of ether oxygens (including phenoxy) is 1. The van der Waals surface area contributed by atoms with Crippen LogP contribution in [-0.4, -0.2) is 30.1 Å². The first-order valence-corrected chi connectivity index (χ1v) is 4.92. The highest BCUT2D eigenvalue weighted by atomic mass is 19.4. The van der Waals surface area contributed by atoms with Crippen molar-refractivity contribution in [1.82, 2.24) is 0 Å². The molecular formula is C10H7F3N2O5. The van der Waals surface area contributed by atoms with Crippen LogP contribution >= 0.6 is 0 Å². The summed E-state index contributed by atoms with van der Waals surface area (Å²) in [7, 11) is 0.941. The molecule has 1 aromatic carbocycles. The van der Waals surface area contributed by atoms with Gasteiger partial charge in [-0.3, -0.25) is 14.9 Å². The van der Waals surface area contributed by atoms with E-state index in [-0.39, 0.29) is 0 Å². The molecule has 0 bridgehead atoms. The number of nitrogens with one attached hydrogen (secondary N) is 1. The SMILES string of the molecule is COC(=O)c1cccc([N+](=O)[O-])c1NC(=O)C(F)(F)F. The van der Waals surface area contributed by atoms with Gasteiger partial charge in [0.1, 0.15) is 5.69 Å². The first-order chi connectivity index (χ1) is 9.18. The topological polar surface area (TPSA) is 98.5 Å². The number of rotatable bonds is 3. The smallest absolute Gasteiger partial charge is 0.465 e. The van der Waals surface area contributed by atoms with E-state index in [1.54, 1.807) is 0 Å². The van der Waals surface area contributed by atoms with Crippen LogP contribution in [0.5, 0.6) is 0 Å². The van der Waals surface area contributed by atoms with Gasteiger partial charge in [-0.05, 0) is 6.07 Å². The van der Waals surface area contributed by atoms with Crippen molar-refractivity contribution >= 4 is 23.3 Å². The lowest BCUT2D eigenvalue weighted by Crippen LogP contribution is -2.31. The number of nitrogens with zero attached hydrogens (tertiary/aromatic N) is 1. The number of methoxy groups -OCH3 is 1. The zero-order chi connectivity index (χ0) is 15.5. The number of para-hydroxylation sites is 1. The number of nitro benzene ring substituents is 1. The predicted molar refractivity (Wildman–Crippen MR) is 59.1 cm³/mol. The summed E-state index contributed by atoms with van der Waals surface area (Å²) >= 11 is 0. The number of hydrogen-bond acceptors (Lipinski definition) is 5. The zero-order valence-corrected chi connectivity index (χ0v) is 9.85. The van der Waals surface area contributed by atoms with E-state index < -0.39 is 39.9 Å². The molecule has 0 heterocycles. The Morgan fingerprint density at radius 3 is 2.40 bits per heavy atom. The number of carbonyl (C=O) groups is 2. The molecule has 108 valence electrons. The second-order valence-corrected chi connectivity index (χ2v) is 3.40. The van der Waals surface area contributed by atoms with Crippen molar-refractivity contribution < 1.29 is 32.4 Å². The molecule has 0 aliphatic carbocycles. The Labute approximate surface area is 109 Å². The van der Waals surface area contributed by atoms with Gasteiger partial charge in [0, 0.05) is 6.07 Å². The van der Waals surface area contributed by atoms with Gasteiger partial charge in [0.15, 0.2) is 0 Å². The Morgan fingerprint density at radius 1 is 1.35 bits per heavy atom. The first-order valence-electron chi connectivity index (χ1n) is 4.92. The van der Waals surface area contributed by atoms with Crippen LogP contribution in [0.2, 0.25) is 0 Å². The van der Waals surface area contributed by atoms with Crippen LogP contribution in [0.25, 0.3) is 0 Å². The van der Waals surface area contributed by atoms with Gasteiger partial charge < -0.3 is 10.1 Å². The summed E-state index contributed by atoms with van der Waals surface area (Å²) in [6, 6.07) is 2.91. The normalized spacial score (nSPS) is 10.8. The first kappa shape index (κ1) is 15.4. The van der Waals surface area contributed by atoms with E-state index in [9.17, 15) is 32.9 Å². The summed E-state index contributed by atoms with van der Waals surface area (Å²) in [5.41, 5.74) is -2.28. The zero-order valence-electron chi connectivity index (χ0n) is 9.85. The Bertz CT molecular complexity index is 571. The summed E-state index contributed by atoms with van der Waals surface area (Å²) in [5, 5.41) is 12.0. The van der Waals surface area contributed by atoms with E-state index in [1.807, 2.05) is 0 Å². The molecule has 20 heavy (non-hydrogen) atoms. The van der Waals surface area contributed by atoms with E-state index in [4.69, 9.17) is 0 Å². The van der Waals surface area contributed by atoms with Crippen molar-refractivity contribution in [2.24, 2.45) is 0 Å². The van der Waals surface area contributed by atoms with Gasteiger partial charge in [-0.15, -0.1) is 0 Å². The molecule has 0 radical (unpaired) electrons. The molecule has 0 fully saturated rings. The summed E-state index contributed by atoms with van der Waals surface area (Å²) in [6.45, 7) is 0. The maximum absolute atomic E-state index is 12.2. The summed E-state index contributed by atoms with van der Waals surface area (Å²) < 4.78 is 40.8. The minimum atomic E-state index is -5.25. The Hall–Kier alpha value is -2.65. The van der Waals surface area contributed by atoms with Crippen LogP contribution in [0.1, 0.15) is 10.4 Å². The third-order valence-corrected chi connectivity index (χ3v) is 2.14. The summed E-state index contributed by atoms with van der Waals surface area (Å²) in [6.07, 6.45) is -5.25.